The van der Waals surface area contributed by atoms with Crippen LogP contribution in [-0.4, -0.2) is 27.0 Å². The van der Waals surface area contributed by atoms with Crippen LogP contribution in [0.3, 0.4) is 0 Å². The Bertz CT molecular complexity index is 642. The van der Waals surface area contributed by atoms with Crippen molar-refractivity contribution in [2.75, 3.05) is 5.32 Å². The second kappa shape index (κ2) is 6.49. The van der Waals surface area contributed by atoms with Gasteiger partial charge in [-0.15, -0.1) is 11.3 Å². The molecule has 1 amide bonds. The van der Waals surface area contributed by atoms with Gasteiger partial charge in [0.1, 0.15) is 0 Å². The lowest BCUT2D eigenvalue weighted by molar-refractivity contribution is -0.114. The van der Waals surface area contributed by atoms with E-state index in [9.17, 15) is 9.59 Å². The number of carbonyl (C=O) groups excluding carboxylic acids is 1. The van der Waals surface area contributed by atoms with Crippen LogP contribution in [0.1, 0.15) is 23.0 Å². The Morgan fingerprint density at radius 2 is 2.30 bits per heavy atom. The van der Waals surface area contributed by atoms with E-state index in [1.54, 1.807) is 0 Å². The molecule has 0 radical (unpaired) electrons. The van der Waals surface area contributed by atoms with Gasteiger partial charge >= 0.3 is 5.97 Å². The molecule has 104 valence electrons. The van der Waals surface area contributed by atoms with E-state index in [-0.39, 0.29) is 11.5 Å². The van der Waals surface area contributed by atoms with Gasteiger partial charge in [-0.2, -0.15) is 0 Å². The minimum absolute atomic E-state index is 0.158. The number of hydrogen-bond acceptors (Lipinski definition) is 6. The highest BCUT2D eigenvalue weighted by molar-refractivity contribution is 7.98. The van der Waals surface area contributed by atoms with Crippen molar-refractivity contribution in [3.05, 3.63) is 35.0 Å². The molecular formula is C12H11N3O3S2. The van der Waals surface area contributed by atoms with Crippen LogP contribution in [-0.2, 0) is 10.5 Å². The summed E-state index contributed by atoms with van der Waals surface area (Å²) in [5.74, 6) is -0.572. The Morgan fingerprint density at radius 1 is 1.50 bits per heavy atom. The summed E-state index contributed by atoms with van der Waals surface area (Å²) in [4.78, 5) is 30.1. The summed E-state index contributed by atoms with van der Waals surface area (Å²) in [6.45, 7) is 1.43. The Morgan fingerprint density at radius 3 is 3.00 bits per heavy atom. The zero-order valence-electron chi connectivity index (χ0n) is 10.5. The zero-order chi connectivity index (χ0) is 14.5. The van der Waals surface area contributed by atoms with Crippen LogP contribution >= 0.6 is 23.1 Å². The number of anilines is 1. The lowest BCUT2D eigenvalue weighted by Gasteiger charge is -2.00. The first-order valence-electron chi connectivity index (χ1n) is 5.59. The van der Waals surface area contributed by atoms with Crippen molar-refractivity contribution in [2.24, 2.45) is 0 Å². The SMILES string of the molecule is CC(=O)Nc1nc(CSc2cc(C(=O)O)ccn2)cs1. The molecule has 0 spiro atoms. The van der Waals surface area contributed by atoms with Crippen molar-refractivity contribution in [2.45, 2.75) is 17.7 Å². The van der Waals surface area contributed by atoms with Gasteiger partial charge in [-0.25, -0.2) is 14.8 Å². The predicted molar refractivity (Wildman–Crippen MR) is 77.2 cm³/mol. The molecule has 0 aromatic carbocycles. The number of hydrogen-bond donors (Lipinski definition) is 2. The minimum atomic E-state index is -0.976. The summed E-state index contributed by atoms with van der Waals surface area (Å²) in [5.41, 5.74) is 1.02. The molecule has 2 aromatic heterocycles. The van der Waals surface area contributed by atoms with Gasteiger partial charge in [-0.1, -0.05) is 11.8 Å². The molecule has 0 saturated carbocycles. The number of thiazole rings is 1. The maximum atomic E-state index is 10.9. The predicted octanol–water partition coefficient (Wildman–Crippen LogP) is 2.49. The Kier molecular flexibility index (Phi) is 4.70. The Hall–Kier alpha value is -1.93. The number of thioether (sulfide) groups is 1. The standard InChI is InChI=1S/C12H11N3O3S2/c1-7(16)14-12-15-9(6-20-12)5-19-10-4-8(11(17)18)2-3-13-10/h2-4,6H,5H2,1H3,(H,17,18)(H,14,15,16). The Balaban J connectivity index is 1.98. The highest BCUT2D eigenvalue weighted by atomic mass is 32.2. The molecule has 2 N–H and O–H groups in total. The fourth-order valence-corrected chi connectivity index (χ4v) is 3.00. The minimum Gasteiger partial charge on any atom is -0.478 e. The third-order valence-corrected chi connectivity index (χ3v) is 3.95. The van der Waals surface area contributed by atoms with Crippen molar-refractivity contribution in [1.82, 2.24) is 9.97 Å². The van der Waals surface area contributed by atoms with Crippen molar-refractivity contribution in [1.29, 1.82) is 0 Å². The normalized spacial score (nSPS) is 10.2. The molecule has 0 fully saturated rings. The van der Waals surface area contributed by atoms with Crippen LogP contribution < -0.4 is 5.32 Å². The number of amides is 1. The summed E-state index contributed by atoms with van der Waals surface area (Å²) in [6, 6.07) is 2.97. The topological polar surface area (TPSA) is 92.2 Å². The van der Waals surface area contributed by atoms with Gasteiger partial charge in [0.2, 0.25) is 5.91 Å². The van der Waals surface area contributed by atoms with Gasteiger partial charge in [-0.3, -0.25) is 4.79 Å². The molecule has 0 saturated heterocycles. The van der Waals surface area contributed by atoms with E-state index in [4.69, 9.17) is 5.11 Å². The average molecular weight is 309 g/mol. The van der Waals surface area contributed by atoms with Crippen molar-refractivity contribution in [3.8, 4) is 0 Å². The van der Waals surface area contributed by atoms with E-state index in [1.165, 1.54) is 48.4 Å². The first-order valence-corrected chi connectivity index (χ1v) is 7.45. The monoisotopic (exact) mass is 309 g/mol. The molecule has 20 heavy (non-hydrogen) atoms. The van der Waals surface area contributed by atoms with Gasteiger partial charge in [-0.05, 0) is 12.1 Å². The number of carbonyl (C=O) groups is 2. The van der Waals surface area contributed by atoms with E-state index in [0.717, 1.165) is 5.69 Å². The fourth-order valence-electron chi connectivity index (χ4n) is 1.35. The number of rotatable bonds is 5. The average Bonchev–Trinajstić information content (AvgIpc) is 2.83. The smallest absolute Gasteiger partial charge is 0.335 e. The van der Waals surface area contributed by atoms with Gasteiger partial charge < -0.3 is 10.4 Å². The molecule has 0 bridgehead atoms. The maximum absolute atomic E-state index is 10.9. The number of nitrogens with one attached hydrogen (secondary N) is 1. The van der Waals surface area contributed by atoms with Crippen molar-refractivity contribution < 1.29 is 14.7 Å². The summed E-state index contributed by atoms with van der Waals surface area (Å²) in [7, 11) is 0. The lowest BCUT2D eigenvalue weighted by atomic mass is 10.3. The number of aromatic nitrogens is 2. The molecule has 0 aliphatic carbocycles. The first kappa shape index (κ1) is 14.5. The molecule has 0 aliphatic rings. The molecule has 0 unspecified atom stereocenters. The van der Waals surface area contributed by atoms with E-state index < -0.39 is 5.97 Å². The lowest BCUT2D eigenvalue weighted by Crippen LogP contribution is -2.05. The highest BCUT2D eigenvalue weighted by Crippen LogP contribution is 2.24. The molecule has 2 aromatic rings. The van der Waals surface area contributed by atoms with Gasteiger partial charge in [0.25, 0.3) is 0 Å². The quantitative estimate of drug-likeness (QED) is 0.824. The van der Waals surface area contributed by atoms with Gasteiger partial charge in [0.15, 0.2) is 5.13 Å². The first-order chi connectivity index (χ1) is 9.54. The summed E-state index contributed by atoms with van der Waals surface area (Å²) >= 11 is 2.74. The highest BCUT2D eigenvalue weighted by Gasteiger charge is 2.07. The number of carboxylic acids is 1. The molecule has 8 heteroatoms. The van der Waals surface area contributed by atoms with Crippen molar-refractivity contribution >= 4 is 40.1 Å². The van der Waals surface area contributed by atoms with Crippen LogP contribution in [0.25, 0.3) is 0 Å². The van der Waals surface area contributed by atoms with Crippen LogP contribution in [0.2, 0.25) is 0 Å². The number of carboxylic acid groups (broad SMARTS) is 1. The third kappa shape index (κ3) is 4.04. The Labute approximate surface area is 123 Å². The number of nitrogens with zero attached hydrogens (tertiary/aromatic N) is 2. The largest absolute Gasteiger partial charge is 0.478 e. The fraction of sp³-hybridized carbons (Fsp3) is 0.167. The van der Waals surface area contributed by atoms with Crippen LogP contribution in [0.15, 0.2) is 28.7 Å². The molecule has 0 aliphatic heterocycles. The van der Waals surface area contributed by atoms with E-state index in [0.29, 0.717) is 15.9 Å². The van der Waals surface area contributed by atoms with Crippen LogP contribution in [0.4, 0.5) is 5.13 Å². The summed E-state index contributed by atoms with van der Waals surface area (Å²) in [6.07, 6.45) is 1.47. The summed E-state index contributed by atoms with van der Waals surface area (Å²) in [5, 5.41) is 14.5. The van der Waals surface area contributed by atoms with Crippen LogP contribution in [0.5, 0.6) is 0 Å². The van der Waals surface area contributed by atoms with E-state index in [1.807, 2.05) is 5.38 Å². The van der Waals surface area contributed by atoms with Crippen LogP contribution in [0, 0.1) is 0 Å². The van der Waals surface area contributed by atoms with E-state index in [2.05, 4.69) is 15.3 Å². The van der Waals surface area contributed by atoms with Crippen molar-refractivity contribution in [3.63, 3.8) is 0 Å². The third-order valence-electron chi connectivity index (χ3n) is 2.18. The van der Waals surface area contributed by atoms with E-state index >= 15 is 0 Å². The number of pyridine rings is 1. The second-order valence-electron chi connectivity index (χ2n) is 3.80. The second-order valence-corrected chi connectivity index (χ2v) is 5.66. The van der Waals surface area contributed by atoms with Gasteiger partial charge in [0, 0.05) is 24.3 Å². The summed E-state index contributed by atoms with van der Waals surface area (Å²) < 4.78 is 0. The molecule has 6 nitrogen and oxygen atoms in total. The molecule has 2 heterocycles. The molecule has 0 atom stereocenters. The maximum Gasteiger partial charge on any atom is 0.335 e. The molecular weight excluding hydrogens is 298 g/mol. The number of aromatic carboxylic acids is 1. The molecule has 2 rings (SSSR count). The zero-order valence-corrected chi connectivity index (χ0v) is 12.1. The van der Waals surface area contributed by atoms with Gasteiger partial charge in [0.05, 0.1) is 16.3 Å².